The van der Waals surface area contributed by atoms with E-state index in [2.05, 4.69) is 5.32 Å². The van der Waals surface area contributed by atoms with Crippen LogP contribution in [0.25, 0.3) is 0 Å². The van der Waals surface area contributed by atoms with E-state index >= 15 is 0 Å². The zero-order valence-corrected chi connectivity index (χ0v) is 13.7. The Hall–Kier alpha value is -2.05. The summed E-state index contributed by atoms with van der Waals surface area (Å²) in [6.07, 6.45) is 0.317. The van der Waals surface area contributed by atoms with Crippen LogP contribution >= 0.6 is 0 Å². The number of carbonyl (C=O) groups is 3. The lowest BCUT2D eigenvalue weighted by Crippen LogP contribution is -2.45. The molecule has 22 heavy (non-hydrogen) atoms. The maximum Gasteiger partial charge on any atom is 0.412 e. The highest BCUT2D eigenvalue weighted by Gasteiger charge is 2.36. The number of carbonyl (C=O) groups excluding carboxylic acids is 2. The highest BCUT2D eigenvalue weighted by Crippen LogP contribution is 2.20. The van der Waals surface area contributed by atoms with E-state index in [-0.39, 0.29) is 5.70 Å². The maximum atomic E-state index is 12.5. The Bertz CT molecular complexity index is 501. The van der Waals surface area contributed by atoms with Gasteiger partial charge in [0.15, 0.2) is 0 Å². The number of allylic oxidation sites excluding steroid dienone is 1. The number of nitrogens with zero attached hydrogens (tertiary/aromatic N) is 1. The van der Waals surface area contributed by atoms with Gasteiger partial charge in [-0.3, -0.25) is 10.1 Å². The predicted molar refractivity (Wildman–Crippen MR) is 80.1 cm³/mol. The Kier molecular flexibility index (Phi) is 5.57. The number of rotatable bonds is 3. The van der Waals surface area contributed by atoms with Gasteiger partial charge in [0.1, 0.15) is 17.3 Å². The lowest BCUT2D eigenvalue weighted by atomic mass is 10.2. The van der Waals surface area contributed by atoms with Crippen LogP contribution in [0.3, 0.4) is 0 Å². The summed E-state index contributed by atoms with van der Waals surface area (Å²) in [4.78, 5) is 36.9. The molecule has 1 aliphatic rings. The zero-order chi connectivity index (χ0) is 17.1. The Morgan fingerprint density at radius 2 is 1.82 bits per heavy atom. The lowest BCUT2D eigenvalue weighted by Gasteiger charge is -2.25. The van der Waals surface area contributed by atoms with Crippen molar-refractivity contribution < 1.29 is 24.2 Å². The van der Waals surface area contributed by atoms with Gasteiger partial charge < -0.3 is 14.7 Å². The number of hydrogen-bond donors (Lipinski definition) is 2. The van der Waals surface area contributed by atoms with E-state index in [1.807, 2.05) is 0 Å². The first-order valence-electron chi connectivity index (χ1n) is 7.24. The van der Waals surface area contributed by atoms with E-state index in [0.717, 1.165) is 0 Å². The summed E-state index contributed by atoms with van der Waals surface area (Å²) in [5, 5.41) is 11.6. The van der Waals surface area contributed by atoms with Crippen LogP contribution in [0.1, 0.15) is 47.5 Å². The van der Waals surface area contributed by atoms with Crippen molar-refractivity contribution in [3.8, 4) is 0 Å². The van der Waals surface area contributed by atoms with Gasteiger partial charge in [-0.1, -0.05) is 0 Å². The van der Waals surface area contributed by atoms with Crippen molar-refractivity contribution in [2.75, 3.05) is 6.54 Å². The van der Waals surface area contributed by atoms with E-state index in [9.17, 15) is 14.4 Å². The number of hydrogen-bond acceptors (Lipinski definition) is 4. The molecule has 124 valence electrons. The monoisotopic (exact) mass is 312 g/mol. The second-order valence-electron chi connectivity index (χ2n) is 6.50. The van der Waals surface area contributed by atoms with Crippen molar-refractivity contribution in [1.29, 1.82) is 0 Å². The maximum absolute atomic E-state index is 12.5. The Morgan fingerprint density at radius 3 is 2.27 bits per heavy atom. The van der Waals surface area contributed by atoms with Crippen LogP contribution in [-0.4, -0.2) is 46.2 Å². The molecule has 2 amide bonds. The quantitative estimate of drug-likeness (QED) is 0.776. The van der Waals surface area contributed by atoms with E-state index < -0.39 is 29.6 Å². The number of alkyl carbamates (subject to hydrolysis) is 1. The van der Waals surface area contributed by atoms with E-state index in [1.54, 1.807) is 34.6 Å². The number of amides is 2. The second kappa shape index (κ2) is 6.81. The summed E-state index contributed by atoms with van der Waals surface area (Å²) in [5.74, 6) is -1.52. The number of carboxylic acids is 1. The molecule has 0 aromatic carbocycles. The highest BCUT2D eigenvalue weighted by atomic mass is 16.6. The van der Waals surface area contributed by atoms with Crippen molar-refractivity contribution >= 4 is 18.0 Å². The van der Waals surface area contributed by atoms with Crippen LogP contribution in [0.5, 0.6) is 0 Å². The van der Waals surface area contributed by atoms with Crippen LogP contribution in [-0.2, 0) is 14.3 Å². The molecular weight excluding hydrogens is 288 g/mol. The van der Waals surface area contributed by atoms with Gasteiger partial charge in [-0.15, -0.1) is 0 Å². The smallest absolute Gasteiger partial charge is 0.412 e. The standard InChI is InChI=1S/C15H24N2O5/c1-9(2)11(16-14(21)22-15(3,4)5)12(18)17-8-6-7-10(17)13(19)20/h10H,6-8H2,1-5H3,(H,16,21)(H,19,20)/t10-/m0/s1. The van der Waals surface area contributed by atoms with Crippen molar-refractivity contribution in [2.45, 2.75) is 59.1 Å². The van der Waals surface area contributed by atoms with Crippen molar-refractivity contribution in [2.24, 2.45) is 0 Å². The minimum atomic E-state index is -1.03. The molecule has 0 bridgehead atoms. The SMILES string of the molecule is CC(C)=C(NC(=O)OC(C)(C)C)C(=O)N1CCC[C@H]1C(=O)O. The highest BCUT2D eigenvalue weighted by molar-refractivity contribution is 5.99. The average molecular weight is 312 g/mol. The first-order valence-corrected chi connectivity index (χ1v) is 7.24. The van der Waals surface area contributed by atoms with Crippen molar-refractivity contribution in [3.63, 3.8) is 0 Å². The molecule has 0 spiro atoms. The van der Waals surface area contributed by atoms with Crippen LogP contribution in [0.4, 0.5) is 4.79 Å². The molecule has 0 aromatic rings. The molecule has 1 rings (SSSR count). The summed E-state index contributed by atoms with van der Waals surface area (Å²) in [7, 11) is 0. The zero-order valence-electron chi connectivity index (χ0n) is 13.7. The summed E-state index contributed by atoms with van der Waals surface area (Å²) in [6, 6.07) is -0.845. The van der Waals surface area contributed by atoms with Gasteiger partial charge in [0, 0.05) is 6.54 Å². The average Bonchev–Trinajstić information content (AvgIpc) is 2.81. The molecule has 1 fully saturated rings. The molecule has 1 aliphatic heterocycles. The number of carboxylic acid groups (broad SMARTS) is 1. The molecule has 0 radical (unpaired) electrons. The third-order valence-electron chi connectivity index (χ3n) is 3.14. The molecule has 1 heterocycles. The molecule has 7 nitrogen and oxygen atoms in total. The minimum Gasteiger partial charge on any atom is -0.480 e. The minimum absolute atomic E-state index is 0.0717. The normalized spacial score (nSPS) is 17.9. The first kappa shape index (κ1) is 18.0. The van der Waals surface area contributed by atoms with Gasteiger partial charge in [0.25, 0.3) is 5.91 Å². The molecule has 0 unspecified atom stereocenters. The molecule has 1 saturated heterocycles. The molecular formula is C15H24N2O5. The molecule has 7 heteroatoms. The van der Waals surface area contributed by atoms with Crippen LogP contribution in [0.15, 0.2) is 11.3 Å². The van der Waals surface area contributed by atoms with E-state index in [4.69, 9.17) is 9.84 Å². The van der Waals surface area contributed by atoms with E-state index in [1.165, 1.54) is 4.90 Å². The van der Waals surface area contributed by atoms with Gasteiger partial charge >= 0.3 is 12.1 Å². The number of nitrogens with one attached hydrogen (secondary N) is 1. The van der Waals surface area contributed by atoms with Crippen molar-refractivity contribution in [3.05, 3.63) is 11.3 Å². The fourth-order valence-corrected chi connectivity index (χ4v) is 2.21. The Morgan fingerprint density at radius 1 is 1.23 bits per heavy atom. The molecule has 0 aromatic heterocycles. The Labute approximate surface area is 130 Å². The molecule has 0 saturated carbocycles. The number of ether oxygens (including phenoxy) is 1. The number of likely N-dealkylation sites (tertiary alicyclic amines) is 1. The van der Waals surface area contributed by atoms with Gasteiger partial charge in [-0.05, 0) is 53.0 Å². The fraction of sp³-hybridized carbons (Fsp3) is 0.667. The number of aliphatic carboxylic acids is 1. The van der Waals surface area contributed by atoms with Gasteiger partial charge in [-0.2, -0.15) is 0 Å². The van der Waals surface area contributed by atoms with Crippen LogP contribution in [0.2, 0.25) is 0 Å². The first-order chi connectivity index (χ1) is 10.0. The van der Waals surface area contributed by atoms with Gasteiger partial charge in [0.05, 0.1) is 0 Å². The molecule has 2 N–H and O–H groups in total. The summed E-state index contributed by atoms with van der Waals surface area (Å²) < 4.78 is 5.13. The Balaban J connectivity index is 2.89. The summed E-state index contributed by atoms with van der Waals surface area (Å²) in [5.41, 5.74) is -0.0220. The fourth-order valence-electron chi connectivity index (χ4n) is 2.21. The van der Waals surface area contributed by atoms with E-state index in [0.29, 0.717) is 25.0 Å². The molecule has 0 aliphatic carbocycles. The predicted octanol–water partition coefficient (Wildman–Crippen LogP) is 1.88. The second-order valence-corrected chi connectivity index (χ2v) is 6.50. The van der Waals surface area contributed by atoms with Gasteiger partial charge in [-0.25, -0.2) is 9.59 Å². The molecule has 1 atom stereocenters. The lowest BCUT2D eigenvalue weighted by molar-refractivity contribution is -0.147. The van der Waals surface area contributed by atoms with Gasteiger partial charge in [0.2, 0.25) is 0 Å². The largest absolute Gasteiger partial charge is 0.480 e. The topological polar surface area (TPSA) is 95.9 Å². The van der Waals surface area contributed by atoms with Crippen molar-refractivity contribution in [1.82, 2.24) is 10.2 Å². The third-order valence-corrected chi connectivity index (χ3v) is 3.14. The third kappa shape index (κ3) is 4.75. The summed E-state index contributed by atoms with van der Waals surface area (Å²) >= 11 is 0. The van der Waals surface area contributed by atoms with Crippen LogP contribution < -0.4 is 5.32 Å². The van der Waals surface area contributed by atoms with Crippen LogP contribution in [0, 0.1) is 0 Å². The summed E-state index contributed by atoms with van der Waals surface area (Å²) in [6.45, 7) is 8.88.